The predicted octanol–water partition coefficient (Wildman–Crippen LogP) is 4.89. The Morgan fingerprint density at radius 1 is 1.39 bits per heavy atom. The van der Waals surface area contributed by atoms with E-state index in [1.165, 1.54) is 0 Å². The Labute approximate surface area is 149 Å². The highest BCUT2D eigenvalue weighted by Gasteiger charge is 2.29. The number of piperidine rings is 1. The Morgan fingerprint density at radius 3 is 3.04 bits per heavy atom. The molecule has 2 heterocycles. The van der Waals surface area contributed by atoms with Crippen LogP contribution in [0.4, 0.5) is 4.79 Å². The molecule has 1 N–H and O–H groups in total. The molecule has 1 fully saturated rings. The van der Waals surface area contributed by atoms with Gasteiger partial charge in [0.15, 0.2) is 0 Å². The fourth-order valence-corrected chi connectivity index (χ4v) is 3.96. The molecule has 1 aliphatic heterocycles. The van der Waals surface area contributed by atoms with Gasteiger partial charge in [-0.05, 0) is 30.9 Å². The van der Waals surface area contributed by atoms with Crippen LogP contribution >= 0.6 is 34.5 Å². The topological polar surface area (TPSA) is 45.2 Å². The van der Waals surface area contributed by atoms with Crippen LogP contribution < -0.4 is 5.32 Å². The summed E-state index contributed by atoms with van der Waals surface area (Å²) < 4.78 is 0. The lowest BCUT2D eigenvalue weighted by atomic mass is 10.0. The highest BCUT2D eigenvalue weighted by molar-refractivity contribution is 7.09. The molecule has 1 saturated heterocycles. The molecule has 1 aromatic heterocycles. The maximum Gasteiger partial charge on any atom is 0.318 e. The number of amides is 2. The third kappa shape index (κ3) is 3.79. The summed E-state index contributed by atoms with van der Waals surface area (Å²) in [6.07, 6.45) is 4.89. The van der Waals surface area contributed by atoms with E-state index in [1.54, 1.807) is 23.6 Å². The van der Waals surface area contributed by atoms with Gasteiger partial charge in [-0.1, -0.05) is 35.3 Å². The first-order valence-electron chi connectivity index (χ1n) is 7.53. The van der Waals surface area contributed by atoms with Crippen LogP contribution in [0, 0.1) is 0 Å². The molecule has 23 heavy (non-hydrogen) atoms. The van der Waals surface area contributed by atoms with E-state index in [-0.39, 0.29) is 12.1 Å². The van der Waals surface area contributed by atoms with E-state index < -0.39 is 0 Å². The third-order valence-corrected chi connectivity index (χ3v) is 5.70. The minimum absolute atomic E-state index is 0.0681. The number of nitrogens with one attached hydrogen (secondary N) is 1. The standard InChI is InChI=1S/C16H17Cl2N3OS/c17-12-5-3-4-11(14(12)18)10-20-16(22)21-8-2-1-6-13(21)15-19-7-9-23-15/h3-5,7,9,13H,1-2,6,8,10H2,(H,20,22)/t13-/m1/s1. The molecular weight excluding hydrogens is 353 g/mol. The van der Waals surface area contributed by atoms with Gasteiger partial charge in [-0.25, -0.2) is 9.78 Å². The fourth-order valence-electron chi connectivity index (χ4n) is 2.79. The van der Waals surface area contributed by atoms with Crippen molar-refractivity contribution in [3.63, 3.8) is 0 Å². The zero-order valence-corrected chi connectivity index (χ0v) is 14.8. The van der Waals surface area contributed by atoms with Crippen LogP contribution in [0.5, 0.6) is 0 Å². The SMILES string of the molecule is O=C(NCc1cccc(Cl)c1Cl)N1CCCC[C@@H]1c1nccs1. The van der Waals surface area contributed by atoms with Crippen molar-refractivity contribution in [3.8, 4) is 0 Å². The van der Waals surface area contributed by atoms with E-state index in [0.717, 1.165) is 36.4 Å². The summed E-state index contributed by atoms with van der Waals surface area (Å²) in [6, 6.07) is 5.41. The molecule has 0 unspecified atom stereocenters. The van der Waals surface area contributed by atoms with Crippen LogP contribution in [0.25, 0.3) is 0 Å². The van der Waals surface area contributed by atoms with Gasteiger partial charge in [-0.3, -0.25) is 0 Å². The molecule has 1 aliphatic rings. The maximum absolute atomic E-state index is 12.6. The average molecular weight is 370 g/mol. The monoisotopic (exact) mass is 369 g/mol. The number of hydrogen-bond acceptors (Lipinski definition) is 3. The number of aromatic nitrogens is 1. The van der Waals surface area contributed by atoms with Crippen LogP contribution in [-0.4, -0.2) is 22.5 Å². The van der Waals surface area contributed by atoms with Crippen molar-refractivity contribution in [3.05, 3.63) is 50.4 Å². The van der Waals surface area contributed by atoms with Crippen molar-refractivity contribution in [1.82, 2.24) is 15.2 Å². The smallest absolute Gasteiger partial charge is 0.318 e. The zero-order chi connectivity index (χ0) is 16.2. The number of thiazole rings is 1. The summed E-state index contributed by atoms with van der Waals surface area (Å²) >= 11 is 13.8. The van der Waals surface area contributed by atoms with Gasteiger partial charge in [0.05, 0.1) is 16.1 Å². The number of benzene rings is 1. The Hall–Kier alpha value is -1.30. The number of carbonyl (C=O) groups excluding carboxylic acids is 1. The average Bonchev–Trinajstić information content (AvgIpc) is 3.10. The summed E-state index contributed by atoms with van der Waals surface area (Å²) in [5.41, 5.74) is 0.815. The summed E-state index contributed by atoms with van der Waals surface area (Å²) in [6.45, 7) is 1.11. The lowest BCUT2D eigenvalue weighted by Crippen LogP contribution is -2.44. The van der Waals surface area contributed by atoms with E-state index in [4.69, 9.17) is 23.2 Å². The molecule has 0 radical (unpaired) electrons. The maximum atomic E-state index is 12.6. The first-order chi connectivity index (χ1) is 11.2. The van der Waals surface area contributed by atoms with Crippen molar-refractivity contribution in [2.45, 2.75) is 31.8 Å². The molecule has 122 valence electrons. The molecule has 2 amide bonds. The highest BCUT2D eigenvalue weighted by atomic mass is 35.5. The van der Waals surface area contributed by atoms with E-state index in [0.29, 0.717) is 16.6 Å². The van der Waals surface area contributed by atoms with Crippen LogP contribution in [-0.2, 0) is 6.54 Å². The van der Waals surface area contributed by atoms with Crippen molar-refractivity contribution in [1.29, 1.82) is 0 Å². The molecule has 1 aromatic carbocycles. The third-order valence-electron chi connectivity index (χ3n) is 3.96. The van der Waals surface area contributed by atoms with E-state index in [9.17, 15) is 4.79 Å². The number of carbonyl (C=O) groups is 1. The van der Waals surface area contributed by atoms with Gasteiger partial charge in [-0.15, -0.1) is 11.3 Å². The fraction of sp³-hybridized carbons (Fsp3) is 0.375. The molecule has 4 nitrogen and oxygen atoms in total. The van der Waals surface area contributed by atoms with Crippen LogP contribution in [0.1, 0.15) is 35.9 Å². The van der Waals surface area contributed by atoms with Gasteiger partial charge in [0.2, 0.25) is 0 Å². The number of urea groups is 1. The minimum Gasteiger partial charge on any atom is -0.334 e. The number of halogens is 2. The summed E-state index contributed by atoms with van der Waals surface area (Å²) in [5, 5.41) is 6.89. The first-order valence-corrected chi connectivity index (χ1v) is 9.17. The summed E-state index contributed by atoms with van der Waals surface area (Å²) in [5.74, 6) is 0. The summed E-state index contributed by atoms with van der Waals surface area (Å²) in [4.78, 5) is 18.8. The Bertz CT molecular complexity index is 678. The normalized spacial score (nSPS) is 18.0. The van der Waals surface area contributed by atoms with Crippen LogP contribution in [0.15, 0.2) is 29.8 Å². The Balaban J connectivity index is 1.68. The van der Waals surface area contributed by atoms with Gasteiger partial charge >= 0.3 is 6.03 Å². The second-order valence-electron chi connectivity index (χ2n) is 5.45. The van der Waals surface area contributed by atoms with Crippen molar-refractivity contribution >= 4 is 40.6 Å². The summed E-state index contributed by atoms with van der Waals surface area (Å²) in [7, 11) is 0. The van der Waals surface area contributed by atoms with Gasteiger partial charge in [-0.2, -0.15) is 0 Å². The number of rotatable bonds is 3. The van der Waals surface area contributed by atoms with Crippen molar-refractivity contribution in [2.24, 2.45) is 0 Å². The van der Waals surface area contributed by atoms with Crippen molar-refractivity contribution in [2.75, 3.05) is 6.54 Å². The zero-order valence-electron chi connectivity index (χ0n) is 12.5. The van der Waals surface area contributed by atoms with Crippen molar-refractivity contribution < 1.29 is 4.79 Å². The lowest BCUT2D eigenvalue weighted by Gasteiger charge is -2.34. The lowest BCUT2D eigenvalue weighted by molar-refractivity contribution is 0.151. The second-order valence-corrected chi connectivity index (χ2v) is 7.16. The van der Waals surface area contributed by atoms with Gasteiger partial charge in [0.1, 0.15) is 5.01 Å². The Morgan fingerprint density at radius 2 is 2.26 bits per heavy atom. The Kier molecular flexibility index (Phi) is 5.41. The molecule has 7 heteroatoms. The highest BCUT2D eigenvalue weighted by Crippen LogP contribution is 2.32. The van der Waals surface area contributed by atoms with E-state index >= 15 is 0 Å². The minimum atomic E-state index is -0.0825. The van der Waals surface area contributed by atoms with E-state index in [1.807, 2.05) is 22.4 Å². The molecular formula is C16H17Cl2N3OS. The predicted molar refractivity (Wildman–Crippen MR) is 94.1 cm³/mol. The number of nitrogens with zero attached hydrogens (tertiary/aromatic N) is 2. The van der Waals surface area contributed by atoms with Gasteiger partial charge in [0, 0.05) is 24.7 Å². The number of likely N-dealkylation sites (tertiary alicyclic amines) is 1. The van der Waals surface area contributed by atoms with Crippen LogP contribution in [0.2, 0.25) is 10.0 Å². The molecule has 2 aromatic rings. The molecule has 3 rings (SSSR count). The van der Waals surface area contributed by atoms with Gasteiger partial charge in [0.25, 0.3) is 0 Å². The number of hydrogen-bond donors (Lipinski definition) is 1. The molecule has 0 saturated carbocycles. The quantitative estimate of drug-likeness (QED) is 0.836. The van der Waals surface area contributed by atoms with E-state index in [2.05, 4.69) is 10.3 Å². The molecule has 1 atom stereocenters. The second kappa shape index (κ2) is 7.51. The first kappa shape index (κ1) is 16.6. The van der Waals surface area contributed by atoms with Crippen LogP contribution in [0.3, 0.4) is 0 Å². The van der Waals surface area contributed by atoms with Gasteiger partial charge < -0.3 is 10.2 Å². The molecule has 0 aliphatic carbocycles. The largest absolute Gasteiger partial charge is 0.334 e. The molecule has 0 spiro atoms. The molecule has 0 bridgehead atoms.